The lowest BCUT2D eigenvalue weighted by molar-refractivity contribution is 0.443. The third-order valence-corrected chi connectivity index (χ3v) is 4.05. The summed E-state index contributed by atoms with van der Waals surface area (Å²) in [5.74, 6) is 0. The van der Waals surface area contributed by atoms with Crippen molar-refractivity contribution < 1.29 is 0 Å². The molecule has 0 amide bonds. The molecule has 0 spiro atoms. The third-order valence-electron chi connectivity index (χ3n) is 3.76. The summed E-state index contributed by atoms with van der Waals surface area (Å²) >= 11 is 6.31. The summed E-state index contributed by atoms with van der Waals surface area (Å²) < 4.78 is 2.02. The summed E-state index contributed by atoms with van der Waals surface area (Å²) in [4.78, 5) is 0. The molecule has 0 fully saturated rings. The fraction of sp³-hybridized carbons (Fsp3) is 0.812. The first-order valence-corrected chi connectivity index (χ1v) is 8.56. The SMILES string of the molecule is CCCCCCCCC(NCC)c1c(Cl)cnn1CC. The lowest BCUT2D eigenvalue weighted by Gasteiger charge is -2.19. The van der Waals surface area contributed by atoms with Gasteiger partial charge in [-0.2, -0.15) is 5.10 Å². The van der Waals surface area contributed by atoms with Crippen LogP contribution in [0.5, 0.6) is 0 Å². The van der Waals surface area contributed by atoms with Crippen LogP contribution in [0.4, 0.5) is 0 Å². The van der Waals surface area contributed by atoms with Crippen LogP contribution in [0.1, 0.15) is 77.5 Å². The molecule has 1 atom stereocenters. The molecule has 0 aliphatic rings. The van der Waals surface area contributed by atoms with Crippen LogP contribution in [0, 0.1) is 0 Å². The van der Waals surface area contributed by atoms with Crippen molar-refractivity contribution in [2.75, 3.05) is 6.54 Å². The van der Waals surface area contributed by atoms with E-state index in [0.29, 0.717) is 6.04 Å². The van der Waals surface area contributed by atoms with Crippen molar-refractivity contribution in [2.45, 2.75) is 78.3 Å². The predicted molar refractivity (Wildman–Crippen MR) is 87.3 cm³/mol. The lowest BCUT2D eigenvalue weighted by atomic mass is 10.0. The average molecular weight is 300 g/mol. The van der Waals surface area contributed by atoms with E-state index < -0.39 is 0 Å². The molecular weight excluding hydrogens is 270 g/mol. The molecule has 0 aromatic carbocycles. The van der Waals surface area contributed by atoms with Crippen LogP contribution >= 0.6 is 11.6 Å². The third kappa shape index (κ3) is 5.45. The summed E-state index contributed by atoms with van der Waals surface area (Å²) in [5.41, 5.74) is 1.16. The maximum atomic E-state index is 6.31. The molecule has 0 saturated heterocycles. The van der Waals surface area contributed by atoms with E-state index in [2.05, 4.69) is 31.2 Å². The number of rotatable bonds is 11. The molecule has 1 rings (SSSR count). The van der Waals surface area contributed by atoms with E-state index >= 15 is 0 Å². The highest BCUT2D eigenvalue weighted by Crippen LogP contribution is 2.27. The highest BCUT2D eigenvalue weighted by Gasteiger charge is 2.18. The van der Waals surface area contributed by atoms with E-state index in [0.717, 1.165) is 30.2 Å². The largest absolute Gasteiger partial charge is 0.309 e. The Kier molecular flexibility index (Phi) is 8.95. The summed E-state index contributed by atoms with van der Waals surface area (Å²) in [7, 11) is 0. The summed E-state index contributed by atoms with van der Waals surface area (Å²) in [6, 6.07) is 0.334. The van der Waals surface area contributed by atoms with Gasteiger partial charge in [0.2, 0.25) is 0 Å². The molecule has 1 heterocycles. The van der Waals surface area contributed by atoms with Gasteiger partial charge < -0.3 is 5.32 Å². The number of nitrogens with one attached hydrogen (secondary N) is 1. The quantitative estimate of drug-likeness (QED) is 0.585. The van der Waals surface area contributed by atoms with Crippen LogP contribution in [0.3, 0.4) is 0 Å². The van der Waals surface area contributed by atoms with Crippen molar-refractivity contribution in [3.05, 3.63) is 16.9 Å². The predicted octanol–water partition coefficient (Wildman–Crippen LogP) is 4.96. The zero-order chi connectivity index (χ0) is 14.8. The number of aromatic nitrogens is 2. The monoisotopic (exact) mass is 299 g/mol. The van der Waals surface area contributed by atoms with Crippen molar-refractivity contribution in [2.24, 2.45) is 0 Å². The summed E-state index contributed by atoms with van der Waals surface area (Å²) in [6.07, 6.45) is 10.9. The zero-order valence-electron chi connectivity index (χ0n) is 13.3. The molecule has 116 valence electrons. The summed E-state index contributed by atoms with van der Waals surface area (Å²) in [6.45, 7) is 8.36. The number of hydrogen-bond donors (Lipinski definition) is 1. The second kappa shape index (κ2) is 10.2. The van der Waals surface area contributed by atoms with Crippen LogP contribution < -0.4 is 5.32 Å². The lowest BCUT2D eigenvalue weighted by Crippen LogP contribution is -2.24. The first-order valence-electron chi connectivity index (χ1n) is 8.19. The van der Waals surface area contributed by atoms with E-state index in [1.807, 2.05) is 4.68 Å². The number of halogens is 1. The Hall–Kier alpha value is -0.540. The highest BCUT2D eigenvalue weighted by atomic mass is 35.5. The first-order chi connectivity index (χ1) is 9.74. The molecule has 3 nitrogen and oxygen atoms in total. The van der Waals surface area contributed by atoms with E-state index in [1.165, 1.54) is 38.5 Å². The summed E-state index contributed by atoms with van der Waals surface area (Å²) in [5, 5.41) is 8.70. The van der Waals surface area contributed by atoms with Gasteiger partial charge in [0.1, 0.15) is 0 Å². The minimum absolute atomic E-state index is 0.334. The van der Waals surface area contributed by atoms with Gasteiger partial charge in [-0.05, 0) is 19.9 Å². The van der Waals surface area contributed by atoms with Gasteiger partial charge in [0, 0.05) is 6.54 Å². The minimum atomic E-state index is 0.334. The molecule has 1 aromatic heterocycles. The Morgan fingerprint density at radius 1 is 1.15 bits per heavy atom. The van der Waals surface area contributed by atoms with Gasteiger partial charge in [-0.1, -0.05) is 64.0 Å². The fourth-order valence-corrected chi connectivity index (χ4v) is 2.95. The van der Waals surface area contributed by atoms with Gasteiger partial charge in [-0.15, -0.1) is 0 Å². The Balaban J connectivity index is 2.49. The zero-order valence-corrected chi connectivity index (χ0v) is 14.0. The highest BCUT2D eigenvalue weighted by molar-refractivity contribution is 6.31. The Bertz CT molecular complexity index is 363. The topological polar surface area (TPSA) is 29.9 Å². The Morgan fingerprint density at radius 3 is 2.50 bits per heavy atom. The van der Waals surface area contributed by atoms with Crippen molar-refractivity contribution in [1.82, 2.24) is 15.1 Å². The van der Waals surface area contributed by atoms with Crippen molar-refractivity contribution in [3.63, 3.8) is 0 Å². The molecule has 20 heavy (non-hydrogen) atoms. The van der Waals surface area contributed by atoms with Gasteiger partial charge in [0.05, 0.1) is 23.0 Å². The maximum Gasteiger partial charge on any atom is 0.0834 e. The van der Waals surface area contributed by atoms with Crippen LogP contribution in [0.25, 0.3) is 0 Å². The molecule has 0 bridgehead atoms. The van der Waals surface area contributed by atoms with Crippen molar-refractivity contribution >= 4 is 11.6 Å². The number of hydrogen-bond acceptors (Lipinski definition) is 2. The Labute approximate surface area is 129 Å². The van der Waals surface area contributed by atoms with Crippen LogP contribution in [0.15, 0.2) is 6.20 Å². The van der Waals surface area contributed by atoms with Crippen LogP contribution in [0.2, 0.25) is 5.02 Å². The second-order valence-electron chi connectivity index (χ2n) is 5.36. The molecule has 1 aromatic rings. The Morgan fingerprint density at radius 2 is 1.85 bits per heavy atom. The molecule has 0 saturated carbocycles. The van der Waals surface area contributed by atoms with E-state index in [1.54, 1.807) is 6.20 Å². The van der Waals surface area contributed by atoms with Gasteiger partial charge in [0.25, 0.3) is 0 Å². The fourth-order valence-electron chi connectivity index (χ4n) is 2.68. The molecule has 0 aliphatic carbocycles. The van der Waals surface area contributed by atoms with Gasteiger partial charge in [-0.3, -0.25) is 4.68 Å². The number of unbranched alkanes of at least 4 members (excludes halogenated alkanes) is 5. The number of nitrogens with zero attached hydrogens (tertiary/aromatic N) is 2. The van der Waals surface area contributed by atoms with Crippen molar-refractivity contribution in [3.8, 4) is 0 Å². The van der Waals surface area contributed by atoms with Gasteiger partial charge in [-0.25, -0.2) is 0 Å². The molecule has 4 heteroatoms. The molecule has 0 radical (unpaired) electrons. The molecule has 1 N–H and O–H groups in total. The normalized spacial score (nSPS) is 12.8. The average Bonchev–Trinajstić information content (AvgIpc) is 2.82. The molecule has 1 unspecified atom stereocenters. The van der Waals surface area contributed by atoms with Crippen molar-refractivity contribution in [1.29, 1.82) is 0 Å². The van der Waals surface area contributed by atoms with E-state index in [9.17, 15) is 0 Å². The first kappa shape index (κ1) is 17.5. The van der Waals surface area contributed by atoms with Gasteiger partial charge >= 0.3 is 0 Å². The second-order valence-corrected chi connectivity index (χ2v) is 5.77. The van der Waals surface area contributed by atoms with Gasteiger partial charge in [0.15, 0.2) is 0 Å². The van der Waals surface area contributed by atoms with E-state index in [-0.39, 0.29) is 0 Å². The molecular formula is C16H30ClN3. The van der Waals surface area contributed by atoms with Crippen LogP contribution in [-0.4, -0.2) is 16.3 Å². The van der Waals surface area contributed by atoms with Crippen LogP contribution in [-0.2, 0) is 6.54 Å². The number of aryl methyl sites for hydroxylation is 1. The maximum absolute atomic E-state index is 6.31. The smallest absolute Gasteiger partial charge is 0.0834 e. The standard InChI is InChI=1S/C16H30ClN3/c1-4-7-8-9-10-11-12-15(18-5-2)16-14(17)13-19-20(16)6-3/h13,15,18H,4-12H2,1-3H3. The van der Waals surface area contributed by atoms with E-state index in [4.69, 9.17) is 11.6 Å². The minimum Gasteiger partial charge on any atom is -0.309 e. The molecule has 0 aliphatic heterocycles.